The van der Waals surface area contributed by atoms with Gasteiger partial charge in [0.2, 0.25) is 17.3 Å². The maximum absolute atomic E-state index is 11.8. The largest absolute Gasteiger partial charge is 0.481 e. The molecule has 1 aliphatic heterocycles. The number of hydrogen-bond donors (Lipinski definition) is 1. The van der Waals surface area contributed by atoms with E-state index in [-0.39, 0.29) is 6.61 Å². The van der Waals surface area contributed by atoms with Gasteiger partial charge < -0.3 is 19.5 Å². The van der Waals surface area contributed by atoms with Crippen LogP contribution in [-0.4, -0.2) is 40.1 Å². The maximum atomic E-state index is 11.8. The van der Waals surface area contributed by atoms with Crippen LogP contribution in [0.1, 0.15) is 25.6 Å². The zero-order valence-corrected chi connectivity index (χ0v) is 18.0. The first kappa shape index (κ1) is 20.9. The molecule has 3 aromatic rings. The number of hydrogen-bond acceptors (Lipinski definition) is 9. The van der Waals surface area contributed by atoms with Crippen molar-refractivity contribution in [2.24, 2.45) is 0 Å². The zero-order chi connectivity index (χ0) is 21.6. The molecule has 0 fully saturated rings. The summed E-state index contributed by atoms with van der Waals surface area (Å²) < 4.78 is 17.0. The van der Waals surface area contributed by atoms with E-state index in [1.807, 2.05) is 49.4 Å². The molecule has 4 rings (SSSR count). The summed E-state index contributed by atoms with van der Waals surface area (Å²) in [7, 11) is 0. The van der Waals surface area contributed by atoms with Crippen LogP contribution in [0.5, 0.6) is 11.6 Å². The number of aromatic nitrogens is 3. The van der Waals surface area contributed by atoms with Crippen molar-refractivity contribution >= 4 is 23.4 Å². The highest BCUT2D eigenvalue weighted by molar-refractivity contribution is 7.99. The molecule has 1 N–H and O–H groups in total. The van der Waals surface area contributed by atoms with Crippen molar-refractivity contribution in [3.8, 4) is 22.9 Å². The molecule has 2 aromatic carbocycles. The van der Waals surface area contributed by atoms with E-state index >= 15 is 0 Å². The standard InChI is InChI=1S/C22H22N4O4S/c1-3-28-18(27)13-29-17-12-8-6-10-15(17)20-23-16-11-7-5-9-14(16)19-21(30-20)24-22(26-25-19)31-4-2/h5-12,20,23H,3-4,13H2,1-2H3. The van der Waals surface area contributed by atoms with Crippen LogP contribution in [0.2, 0.25) is 0 Å². The Bertz CT molecular complexity index is 1080. The molecule has 0 amide bonds. The molecular weight excluding hydrogens is 416 g/mol. The smallest absolute Gasteiger partial charge is 0.344 e. The first-order valence-electron chi connectivity index (χ1n) is 9.97. The minimum absolute atomic E-state index is 0.189. The van der Waals surface area contributed by atoms with E-state index in [4.69, 9.17) is 14.2 Å². The Labute approximate surface area is 184 Å². The van der Waals surface area contributed by atoms with Crippen molar-refractivity contribution in [1.29, 1.82) is 0 Å². The number of ether oxygens (including phenoxy) is 3. The lowest BCUT2D eigenvalue weighted by Crippen LogP contribution is -2.20. The molecule has 0 saturated carbocycles. The minimum atomic E-state index is -0.614. The third-order valence-electron chi connectivity index (χ3n) is 4.46. The minimum Gasteiger partial charge on any atom is -0.481 e. The summed E-state index contributed by atoms with van der Waals surface area (Å²) in [6.45, 7) is 3.89. The van der Waals surface area contributed by atoms with Gasteiger partial charge in [-0.1, -0.05) is 49.0 Å². The number of carbonyl (C=O) groups is 1. The maximum Gasteiger partial charge on any atom is 0.344 e. The van der Waals surface area contributed by atoms with Crippen LogP contribution in [0.15, 0.2) is 53.7 Å². The van der Waals surface area contributed by atoms with Gasteiger partial charge in [0.25, 0.3) is 0 Å². The fraction of sp³-hybridized carbons (Fsp3) is 0.273. The molecule has 8 nitrogen and oxygen atoms in total. The summed E-state index contributed by atoms with van der Waals surface area (Å²) >= 11 is 1.49. The predicted molar refractivity (Wildman–Crippen MR) is 117 cm³/mol. The van der Waals surface area contributed by atoms with E-state index in [0.717, 1.165) is 22.6 Å². The molecule has 31 heavy (non-hydrogen) atoms. The average Bonchev–Trinajstić information content (AvgIpc) is 2.95. The summed E-state index contributed by atoms with van der Waals surface area (Å²) in [6, 6.07) is 15.1. The number of fused-ring (bicyclic) bond motifs is 3. The molecule has 160 valence electrons. The monoisotopic (exact) mass is 438 g/mol. The molecule has 0 bridgehead atoms. The molecule has 1 aliphatic rings. The Balaban J connectivity index is 1.71. The Morgan fingerprint density at radius 2 is 1.94 bits per heavy atom. The molecule has 0 aliphatic carbocycles. The first-order chi connectivity index (χ1) is 15.2. The van der Waals surface area contributed by atoms with Gasteiger partial charge in [0, 0.05) is 11.3 Å². The number of para-hydroxylation sites is 2. The van der Waals surface area contributed by atoms with Crippen LogP contribution in [0.3, 0.4) is 0 Å². The van der Waals surface area contributed by atoms with Gasteiger partial charge in [-0.3, -0.25) is 0 Å². The summed E-state index contributed by atoms with van der Waals surface area (Å²) in [4.78, 5) is 16.3. The number of anilines is 1. The highest BCUT2D eigenvalue weighted by Gasteiger charge is 2.28. The third kappa shape index (κ3) is 4.72. The second-order valence-corrected chi connectivity index (χ2v) is 7.73. The van der Waals surface area contributed by atoms with Gasteiger partial charge in [0.05, 0.1) is 12.2 Å². The number of esters is 1. The van der Waals surface area contributed by atoms with E-state index < -0.39 is 12.2 Å². The van der Waals surface area contributed by atoms with Gasteiger partial charge in [-0.25, -0.2) is 4.79 Å². The summed E-state index contributed by atoms with van der Waals surface area (Å²) in [5.74, 6) is 1.29. The molecule has 1 unspecified atom stereocenters. The van der Waals surface area contributed by atoms with Crippen LogP contribution in [0.4, 0.5) is 5.69 Å². The SMILES string of the molecule is CCOC(=O)COc1ccccc1C1Nc2ccccc2-c2nnc(SCC)nc2O1. The van der Waals surface area contributed by atoms with Crippen LogP contribution in [0, 0.1) is 0 Å². The van der Waals surface area contributed by atoms with Crippen LogP contribution in [-0.2, 0) is 9.53 Å². The van der Waals surface area contributed by atoms with Crippen molar-refractivity contribution in [3.05, 3.63) is 54.1 Å². The fourth-order valence-electron chi connectivity index (χ4n) is 3.15. The topological polar surface area (TPSA) is 95.5 Å². The lowest BCUT2D eigenvalue weighted by atomic mass is 10.1. The van der Waals surface area contributed by atoms with Crippen molar-refractivity contribution in [1.82, 2.24) is 15.2 Å². The van der Waals surface area contributed by atoms with E-state index in [1.54, 1.807) is 13.0 Å². The third-order valence-corrected chi connectivity index (χ3v) is 5.18. The summed E-state index contributed by atoms with van der Waals surface area (Å²) in [6.07, 6.45) is -0.614. The van der Waals surface area contributed by atoms with E-state index in [0.29, 0.717) is 29.1 Å². The molecule has 2 heterocycles. The van der Waals surface area contributed by atoms with Crippen LogP contribution in [0.25, 0.3) is 11.3 Å². The molecule has 0 spiro atoms. The lowest BCUT2D eigenvalue weighted by Gasteiger charge is -2.21. The fourth-order valence-corrected chi connectivity index (χ4v) is 3.65. The first-order valence-corrected chi connectivity index (χ1v) is 11.0. The van der Waals surface area contributed by atoms with Crippen molar-refractivity contribution in [3.63, 3.8) is 0 Å². The van der Waals surface area contributed by atoms with Crippen molar-refractivity contribution in [2.45, 2.75) is 25.2 Å². The Morgan fingerprint density at radius 3 is 2.77 bits per heavy atom. The number of nitrogens with zero attached hydrogens (tertiary/aromatic N) is 3. The molecule has 9 heteroatoms. The van der Waals surface area contributed by atoms with Gasteiger partial charge in [0.15, 0.2) is 12.3 Å². The summed E-state index contributed by atoms with van der Waals surface area (Å²) in [5.41, 5.74) is 2.96. The number of thioether (sulfide) groups is 1. The van der Waals surface area contributed by atoms with Gasteiger partial charge in [-0.2, -0.15) is 4.98 Å². The van der Waals surface area contributed by atoms with E-state index in [9.17, 15) is 4.79 Å². The second-order valence-electron chi connectivity index (χ2n) is 6.50. The van der Waals surface area contributed by atoms with Gasteiger partial charge in [-0.05, 0) is 30.9 Å². The molecular formula is C22H22N4O4S. The number of rotatable bonds is 7. The number of nitrogens with one attached hydrogen (secondary N) is 1. The average molecular weight is 439 g/mol. The van der Waals surface area contributed by atoms with Gasteiger partial charge in [-0.15, -0.1) is 10.2 Å². The lowest BCUT2D eigenvalue weighted by molar-refractivity contribution is -0.145. The zero-order valence-electron chi connectivity index (χ0n) is 17.2. The highest BCUT2D eigenvalue weighted by atomic mass is 32.2. The van der Waals surface area contributed by atoms with Gasteiger partial charge in [0.1, 0.15) is 5.75 Å². The van der Waals surface area contributed by atoms with Gasteiger partial charge >= 0.3 is 5.97 Å². The Hall–Kier alpha value is -3.33. The highest BCUT2D eigenvalue weighted by Crippen LogP contribution is 2.40. The molecule has 1 atom stereocenters. The quantitative estimate of drug-likeness (QED) is 0.432. The molecule has 0 saturated heterocycles. The molecule has 1 aromatic heterocycles. The number of carbonyl (C=O) groups excluding carboxylic acids is 1. The predicted octanol–water partition coefficient (Wildman–Crippen LogP) is 4.10. The number of benzene rings is 2. The van der Waals surface area contributed by atoms with Crippen molar-refractivity contribution < 1.29 is 19.0 Å². The van der Waals surface area contributed by atoms with E-state index in [1.165, 1.54) is 11.8 Å². The second kappa shape index (κ2) is 9.65. The Kier molecular flexibility index (Phi) is 6.51. The van der Waals surface area contributed by atoms with E-state index in [2.05, 4.69) is 20.5 Å². The molecule has 0 radical (unpaired) electrons. The Morgan fingerprint density at radius 1 is 1.13 bits per heavy atom. The normalized spacial score (nSPS) is 14.3. The summed E-state index contributed by atoms with van der Waals surface area (Å²) in [5, 5.41) is 12.5. The van der Waals surface area contributed by atoms with Crippen LogP contribution < -0.4 is 14.8 Å². The van der Waals surface area contributed by atoms with Crippen LogP contribution >= 0.6 is 11.8 Å². The van der Waals surface area contributed by atoms with Crippen molar-refractivity contribution in [2.75, 3.05) is 24.3 Å².